The van der Waals surface area contributed by atoms with Crippen LogP contribution < -0.4 is 5.32 Å². The lowest BCUT2D eigenvalue weighted by Gasteiger charge is -2.43. The molecule has 19 heavy (non-hydrogen) atoms. The van der Waals surface area contributed by atoms with E-state index in [0.29, 0.717) is 5.41 Å². The number of hydrogen-bond acceptors (Lipinski definition) is 2. The van der Waals surface area contributed by atoms with E-state index in [2.05, 4.69) is 31.0 Å². The minimum Gasteiger partial charge on any atom is -0.313 e. The molecule has 0 aliphatic carbocycles. The zero-order valence-electron chi connectivity index (χ0n) is 13.4. The third kappa shape index (κ3) is 3.95. The Balaban J connectivity index is 1.76. The van der Waals surface area contributed by atoms with E-state index in [1.807, 2.05) is 0 Å². The summed E-state index contributed by atoms with van der Waals surface area (Å²) >= 11 is 0. The third-order valence-corrected chi connectivity index (χ3v) is 6.08. The van der Waals surface area contributed by atoms with Crippen LogP contribution in [0, 0.1) is 11.3 Å². The van der Waals surface area contributed by atoms with Crippen molar-refractivity contribution in [3.05, 3.63) is 0 Å². The van der Waals surface area contributed by atoms with Crippen LogP contribution in [-0.4, -0.2) is 37.1 Å². The summed E-state index contributed by atoms with van der Waals surface area (Å²) < 4.78 is 0. The second kappa shape index (κ2) is 7.08. The van der Waals surface area contributed by atoms with Crippen molar-refractivity contribution in [1.82, 2.24) is 10.2 Å². The van der Waals surface area contributed by atoms with Crippen LogP contribution in [0.4, 0.5) is 0 Å². The standard InChI is InChI=1S/C17H34N2/c1-4-15-7-10-18-16(13-15)14-19-11-8-17(5-2,6-3)9-12-19/h15-16,18H,4-14H2,1-3H3. The van der Waals surface area contributed by atoms with E-state index < -0.39 is 0 Å². The molecule has 2 unspecified atom stereocenters. The summed E-state index contributed by atoms with van der Waals surface area (Å²) in [5, 5.41) is 3.74. The molecule has 1 N–H and O–H groups in total. The van der Waals surface area contributed by atoms with Crippen LogP contribution >= 0.6 is 0 Å². The van der Waals surface area contributed by atoms with Crippen molar-refractivity contribution in [3.63, 3.8) is 0 Å². The van der Waals surface area contributed by atoms with Gasteiger partial charge < -0.3 is 10.2 Å². The van der Waals surface area contributed by atoms with Crippen molar-refractivity contribution in [2.24, 2.45) is 11.3 Å². The smallest absolute Gasteiger partial charge is 0.0197 e. The first kappa shape index (κ1) is 15.3. The third-order valence-electron chi connectivity index (χ3n) is 6.08. The summed E-state index contributed by atoms with van der Waals surface area (Å²) in [6, 6.07) is 0.759. The monoisotopic (exact) mass is 266 g/mol. The average Bonchev–Trinajstić information content (AvgIpc) is 2.48. The van der Waals surface area contributed by atoms with Crippen molar-refractivity contribution in [1.29, 1.82) is 0 Å². The number of rotatable bonds is 5. The topological polar surface area (TPSA) is 15.3 Å². The minimum absolute atomic E-state index is 0.669. The molecule has 0 spiro atoms. The molecule has 2 nitrogen and oxygen atoms in total. The van der Waals surface area contributed by atoms with Crippen LogP contribution in [0.25, 0.3) is 0 Å². The number of likely N-dealkylation sites (tertiary alicyclic amines) is 1. The maximum absolute atomic E-state index is 3.74. The number of hydrogen-bond donors (Lipinski definition) is 1. The highest BCUT2D eigenvalue weighted by Crippen LogP contribution is 2.38. The first-order valence-electron chi connectivity index (χ1n) is 8.67. The summed E-state index contributed by atoms with van der Waals surface area (Å²) in [7, 11) is 0. The van der Waals surface area contributed by atoms with Gasteiger partial charge in [0.15, 0.2) is 0 Å². The van der Waals surface area contributed by atoms with Gasteiger partial charge >= 0.3 is 0 Å². The van der Waals surface area contributed by atoms with Gasteiger partial charge in [-0.1, -0.05) is 40.0 Å². The minimum atomic E-state index is 0.669. The van der Waals surface area contributed by atoms with Crippen LogP contribution in [0.5, 0.6) is 0 Å². The Morgan fingerprint density at radius 3 is 2.37 bits per heavy atom. The molecule has 0 saturated carbocycles. The van der Waals surface area contributed by atoms with Crippen molar-refractivity contribution < 1.29 is 0 Å². The number of piperidine rings is 2. The van der Waals surface area contributed by atoms with E-state index in [-0.39, 0.29) is 0 Å². The second-order valence-electron chi connectivity index (χ2n) is 6.96. The SMILES string of the molecule is CCC1CCNC(CN2CCC(CC)(CC)CC2)C1. The Bertz CT molecular complexity index is 250. The van der Waals surface area contributed by atoms with Gasteiger partial charge in [-0.25, -0.2) is 0 Å². The lowest BCUT2D eigenvalue weighted by Crippen LogP contribution is -2.49. The Labute approximate surface area is 120 Å². The van der Waals surface area contributed by atoms with Crippen molar-refractivity contribution in [2.75, 3.05) is 26.2 Å². The zero-order chi connectivity index (χ0) is 13.7. The molecule has 2 atom stereocenters. The Hall–Kier alpha value is -0.0800. The highest BCUT2D eigenvalue weighted by Gasteiger charge is 2.32. The molecule has 112 valence electrons. The highest BCUT2D eigenvalue weighted by atomic mass is 15.2. The van der Waals surface area contributed by atoms with E-state index in [1.54, 1.807) is 0 Å². The predicted octanol–water partition coefficient (Wildman–Crippen LogP) is 3.67. The van der Waals surface area contributed by atoms with Gasteiger partial charge in [0.1, 0.15) is 0 Å². The van der Waals surface area contributed by atoms with Gasteiger partial charge in [-0.15, -0.1) is 0 Å². The van der Waals surface area contributed by atoms with Gasteiger partial charge in [0.05, 0.1) is 0 Å². The second-order valence-corrected chi connectivity index (χ2v) is 6.96. The number of nitrogens with zero attached hydrogens (tertiary/aromatic N) is 1. The molecule has 0 aromatic carbocycles. The molecule has 2 heteroatoms. The fourth-order valence-corrected chi connectivity index (χ4v) is 4.08. The van der Waals surface area contributed by atoms with E-state index in [4.69, 9.17) is 0 Å². The molecule has 0 radical (unpaired) electrons. The highest BCUT2D eigenvalue weighted by molar-refractivity contribution is 4.87. The van der Waals surface area contributed by atoms with E-state index in [1.165, 1.54) is 71.1 Å². The predicted molar refractivity (Wildman–Crippen MR) is 83.5 cm³/mol. The lowest BCUT2D eigenvalue weighted by atomic mass is 9.74. The molecule has 0 amide bonds. The summed E-state index contributed by atoms with van der Waals surface area (Å²) in [5.41, 5.74) is 0.669. The van der Waals surface area contributed by atoms with Gasteiger partial charge in [0, 0.05) is 12.6 Å². The molecule has 2 heterocycles. The Kier molecular flexibility index (Phi) is 5.70. The average molecular weight is 266 g/mol. The van der Waals surface area contributed by atoms with E-state index >= 15 is 0 Å². The van der Waals surface area contributed by atoms with Gasteiger partial charge in [0.25, 0.3) is 0 Å². The fourth-order valence-electron chi connectivity index (χ4n) is 4.08. The molecule has 2 fully saturated rings. The first-order chi connectivity index (χ1) is 9.21. The quantitative estimate of drug-likeness (QED) is 0.817. The van der Waals surface area contributed by atoms with Crippen molar-refractivity contribution in [2.45, 2.75) is 71.8 Å². The van der Waals surface area contributed by atoms with Crippen molar-refractivity contribution >= 4 is 0 Å². The molecule has 0 aromatic heterocycles. The maximum atomic E-state index is 3.74. The summed E-state index contributed by atoms with van der Waals surface area (Å²) in [5.74, 6) is 0.974. The zero-order valence-corrected chi connectivity index (χ0v) is 13.4. The molecule has 0 bridgehead atoms. The van der Waals surface area contributed by atoms with E-state index in [0.717, 1.165) is 12.0 Å². The van der Waals surface area contributed by atoms with Crippen LogP contribution in [0.1, 0.15) is 65.7 Å². The van der Waals surface area contributed by atoms with Crippen molar-refractivity contribution in [3.8, 4) is 0 Å². The van der Waals surface area contributed by atoms with E-state index in [9.17, 15) is 0 Å². The Morgan fingerprint density at radius 2 is 1.79 bits per heavy atom. The summed E-state index contributed by atoms with van der Waals surface area (Å²) in [6.07, 6.45) is 9.75. The molecular formula is C17H34N2. The molecule has 2 aliphatic heterocycles. The van der Waals surface area contributed by atoms with Crippen LogP contribution in [0.3, 0.4) is 0 Å². The summed E-state index contributed by atoms with van der Waals surface area (Å²) in [4.78, 5) is 2.72. The van der Waals surface area contributed by atoms with Crippen LogP contribution in [-0.2, 0) is 0 Å². The maximum Gasteiger partial charge on any atom is 0.0197 e. The normalized spacial score (nSPS) is 32.4. The molecule has 2 rings (SSSR count). The fraction of sp³-hybridized carbons (Fsp3) is 1.00. The lowest BCUT2D eigenvalue weighted by molar-refractivity contribution is 0.0826. The first-order valence-corrected chi connectivity index (χ1v) is 8.67. The van der Waals surface area contributed by atoms with Gasteiger partial charge in [-0.05, 0) is 56.7 Å². The molecule has 2 saturated heterocycles. The van der Waals surface area contributed by atoms with Crippen LogP contribution in [0.2, 0.25) is 0 Å². The molecule has 0 aromatic rings. The van der Waals surface area contributed by atoms with Gasteiger partial charge in [0.2, 0.25) is 0 Å². The molecule has 2 aliphatic rings. The summed E-state index contributed by atoms with van der Waals surface area (Å²) in [6.45, 7) is 12.3. The Morgan fingerprint density at radius 1 is 1.11 bits per heavy atom. The molecular weight excluding hydrogens is 232 g/mol. The van der Waals surface area contributed by atoms with Gasteiger partial charge in [-0.2, -0.15) is 0 Å². The number of nitrogens with one attached hydrogen (secondary N) is 1. The van der Waals surface area contributed by atoms with Gasteiger partial charge in [-0.3, -0.25) is 0 Å². The van der Waals surface area contributed by atoms with Crippen LogP contribution in [0.15, 0.2) is 0 Å². The largest absolute Gasteiger partial charge is 0.313 e.